The van der Waals surface area contributed by atoms with Gasteiger partial charge in [-0.05, 0) is 12.5 Å². The second kappa shape index (κ2) is 4.93. The summed E-state index contributed by atoms with van der Waals surface area (Å²) >= 11 is 0. The van der Waals surface area contributed by atoms with Crippen molar-refractivity contribution in [3.63, 3.8) is 0 Å². The molecule has 0 bridgehead atoms. The van der Waals surface area contributed by atoms with Crippen LogP contribution in [-0.2, 0) is 6.54 Å². The molecule has 0 saturated carbocycles. The minimum Gasteiger partial charge on any atom is -0.387 e. The standard InChI is InChI=1S/C13H14N2O2/c1-10-2-4-11(5-3-10)12(16)8-15-9-14-7-6-13(15)17/h2-7,9,12,16H,8H2,1H3. The zero-order valence-electron chi connectivity index (χ0n) is 9.58. The maximum Gasteiger partial charge on any atom is 0.253 e. The second-order valence-electron chi connectivity index (χ2n) is 4.00. The Morgan fingerprint density at radius 2 is 2.00 bits per heavy atom. The molecular weight excluding hydrogens is 216 g/mol. The molecule has 0 amide bonds. The normalized spacial score (nSPS) is 12.4. The van der Waals surface area contributed by atoms with E-state index in [1.807, 2.05) is 31.2 Å². The van der Waals surface area contributed by atoms with Crippen LogP contribution in [0.4, 0.5) is 0 Å². The van der Waals surface area contributed by atoms with Crippen LogP contribution in [-0.4, -0.2) is 14.7 Å². The van der Waals surface area contributed by atoms with Crippen molar-refractivity contribution in [3.05, 3.63) is 64.3 Å². The third kappa shape index (κ3) is 2.79. The highest BCUT2D eigenvalue weighted by molar-refractivity contribution is 5.22. The molecule has 1 heterocycles. The Bertz CT molecular complexity index is 546. The van der Waals surface area contributed by atoms with Crippen LogP contribution in [0.1, 0.15) is 17.2 Å². The highest BCUT2D eigenvalue weighted by Crippen LogP contribution is 2.14. The summed E-state index contributed by atoms with van der Waals surface area (Å²) in [6.07, 6.45) is 2.18. The highest BCUT2D eigenvalue weighted by atomic mass is 16.3. The van der Waals surface area contributed by atoms with Crippen molar-refractivity contribution in [3.8, 4) is 0 Å². The van der Waals surface area contributed by atoms with Crippen molar-refractivity contribution < 1.29 is 5.11 Å². The summed E-state index contributed by atoms with van der Waals surface area (Å²) < 4.78 is 1.39. The van der Waals surface area contributed by atoms with Gasteiger partial charge in [-0.2, -0.15) is 0 Å². The summed E-state index contributed by atoms with van der Waals surface area (Å²) in [5.41, 5.74) is 1.78. The van der Waals surface area contributed by atoms with Crippen LogP contribution < -0.4 is 5.56 Å². The van der Waals surface area contributed by atoms with E-state index in [1.165, 1.54) is 23.2 Å². The zero-order chi connectivity index (χ0) is 12.3. The maximum atomic E-state index is 11.5. The fourth-order valence-corrected chi connectivity index (χ4v) is 1.60. The fourth-order valence-electron chi connectivity index (χ4n) is 1.60. The van der Waals surface area contributed by atoms with Crippen LogP contribution in [0.3, 0.4) is 0 Å². The minimum absolute atomic E-state index is 0.161. The van der Waals surface area contributed by atoms with Gasteiger partial charge in [-0.25, -0.2) is 4.98 Å². The molecule has 1 aromatic carbocycles. The Hall–Kier alpha value is -1.94. The molecule has 4 heteroatoms. The largest absolute Gasteiger partial charge is 0.387 e. The molecule has 1 unspecified atom stereocenters. The van der Waals surface area contributed by atoms with E-state index in [2.05, 4.69) is 4.98 Å². The summed E-state index contributed by atoms with van der Waals surface area (Å²) in [6.45, 7) is 2.21. The average Bonchev–Trinajstić information content (AvgIpc) is 2.33. The predicted octanol–water partition coefficient (Wildman–Crippen LogP) is 1.29. The maximum absolute atomic E-state index is 11.5. The SMILES string of the molecule is Cc1ccc(C(O)Cn2cnccc2=O)cc1. The van der Waals surface area contributed by atoms with Crippen LogP contribution in [0.5, 0.6) is 0 Å². The topological polar surface area (TPSA) is 55.1 Å². The fraction of sp³-hybridized carbons (Fsp3) is 0.231. The van der Waals surface area contributed by atoms with Crippen LogP contribution in [0, 0.1) is 6.92 Å². The number of aliphatic hydroxyl groups excluding tert-OH is 1. The van der Waals surface area contributed by atoms with Crippen molar-refractivity contribution in [2.75, 3.05) is 0 Å². The van der Waals surface area contributed by atoms with Crippen molar-refractivity contribution in [2.45, 2.75) is 19.6 Å². The van der Waals surface area contributed by atoms with E-state index in [1.54, 1.807) is 0 Å². The zero-order valence-corrected chi connectivity index (χ0v) is 9.58. The quantitative estimate of drug-likeness (QED) is 0.864. The first-order valence-corrected chi connectivity index (χ1v) is 5.42. The van der Waals surface area contributed by atoms with Gasteiger partial charge in [0, 0.05) is 12.3 Å². The van der Waals surface area contributed by atoms with Crippen molar-refractivity contribution in [2.24, 2.45) is 0 Å². The molecule has 0 saturated heterocycles. The Kier molecular flexibility index (Phi) is 3.35. The van der Waals surface area contributed by atoms with Gasteiger partial charge in [0.25, 0.3) is 5.56 Å². The lowest BCUT2D eigenvalue weighted by Crippen LogP contribution is -2.22. The van der Waals surface area contributed by atoms with Gasteiger partial charge in [-0.1, -0.05) is 29.8 Å². The average molecular weight is 230 g/mol. The number of hydrogen-bond donors (Lipinski definition) is 1. The molecular formula is C13H14N2O2. The molecule has 1 N–H and O–H groups in total. The third-order valence-corrected chi connectivity index (χ3v) is 2.62. The molecule has 1 atom stereocenters. The monoisotopic (exact) mass is 230 g/mol. The van der Waals surface area contributed by atoms with E-state index in [0.29, 0.717) is 0 Å². The van der Waals surface area contributed by atoms with E-state index in [9.17, 15) is 9.90 Å². The van der Waals surface area contributed by atoms with Crippen LogP contribution in [0.25, 0.3) is 0 Å². The molecule has 1 aromatic heterocycles. The molecule has 0 aliphatic carbocycles. The third-order valence-electron chi connectivity index (χ3n) is 2.62. The summed E-state index contributed by atoms with van der Waals surface area (Å²) in [5.74, 6) is 0. The summed E-state index contributed by atoms with van der Waals surface area (Å²) in [6, 6.07) is 8.97. The number of nitrogens with zero attached hydrogens (tertiary/aromatic N) is 2. The Morgan fingerprint density at radius 1 is 1.29 bits per heavy atom. The molecule has 4 nitrogen and oxygen atoms in total. The highest BCUT2D eigenvalue weighted by Gasteiger charge is 2.08. The second-order valence-corrected chi connectivity index (χ2v) is 4.00. The number of aliphatic hydroxyl groups is 1. The molecule has 0 radical (unpaired) electrons. The van der Waals surface area contributed by atoms with E-state index in [0.717, 1.165) is 11.1 Å². The lowest BCUT2D eigenvalue weighted by atomic mass is 10.1. The molecule has 17 heavy (non-hydrogen) atoms. The van der Waals surface area contributed by atoms with E-state index >= 15 is 0 Å². The first-order chi connectivity index (χ1) is 8.16. The van der Waals surface area contributed by atoms with Crippen molar-refractivity contribution >= 4 is 0 Å². The molecule has 0 spiro atoms. The number of hydrogen-bond acceptors (Lipinski definition) is 3. The summed E-state index contributed by atoms with van der Waals surface area (Å²) in [5, 5.41) is 10.0. The Labute approximate surface area is 99.2 Å². The number of aryl methyl sites for hydroxylation is 1. The van der Waals surface area contributed by atoms with Gasteiger partial charge >= 0.3 is 0 Å². The van der Waals surface area contributed by atoms with Crippen LogP contribution >= 0.6 is 0 Å². The lowest BCUT2D eigenvalue weighted by molar-refractivity contribution is 0.154. The number of benzene rings is 1. The van der Waals surface area contributed by atoms with Gasteiger partial charge in [-0.3, -0.25) is 9.36 Å². The molecule has 0 aliphatic heterocycles. The number of aromatic nitrogens is 2. The smallest absolute Gasteiger partial charge is 0.253 e. The number of rotatable bonds is 3. The van der Waals surface area contributed by atoms with Gasteiger partial charge in [0.2, 0.25) is 0 Å². The molecule has 0 aliphatic rings. The van der Waals surface area contributed by atoms with Crippen LogP contribution in [0.2, 0.25) is 0 Å². The predicted molar refractivity (Wildman–Crippen MR) is 64.6 cm³/mol. The van der Waals surface area contributed by atoms with Gasteiger partial charge < -0.3 is 5.11 Å². The van der Waals surface area contributed by atoms with Crippen molar-refractivity contribution in [1.29, 1.82) is 0 Å². The van der Waals surface area contributed by atoms with Crippen LogP contribution in [0.15, 0.2) is 47.7 Å². The van der Waals surface area contributed by atoms with Gasteiger partial charge in [0.15, 0.2) is 0 Å². The van der Waals surface area contributed by atoms with Crippen molar-refractivity contribution in [1.82, 2.24) is 9.55 Å². The molecule has 88 valence electrons. The Balaban J connectivity index is 2.17. The minimum atomic E-state index is -0.697. The van der Waals surface area contributed by atoms with Gasteiger partial charge in [0.1, 0.15) is 0 Å². The first-order valence-electron chi connectivity index (χ1n) is 5.42. The van der Waals surface area contributed by atoms with Gasteiger partial charge in [0.05, 0.1) is 19.0 Å². The summed E-state index contributed by atoms with van der Waals surface area (Å²) in [4.78, 5) is 15.3. The molecule has 2 rings (SSSR count). The summed E-state index contributed by atoms with van der Waals surface area (Å²) in [7, 11) is 0. The van der Waals surface area contributed by atoms with E-state index in [4.69, 9.17) is 0 Å². The Morgan fingerprint density at radius 3 is 2.65 bits per heavy atom. The first kappa shape index (κ1) is 11.5. The van der Waals surface area contributed by atoms with E-state index in [-0.39, 0.29) is 12.1 Å². The molecule has 0 fully saturated rings. The lowest BCUT2D eigenvalue weighted by Gasteiger charge is -2.12. The molecule has 2 aromatic rings. The van der Waals surface area contributed by atoms with E-state index < -0.39 is 6.10 Å². The van der Waals surface area contributed by atoms with Gasteiger partial charge in [-0.15, -0.1) is 0 Å².